The second-order valence-corrected chi connectivity index (χ2v) is 3.39. The van der Waals surface area contributed by atoms with Crippen LogP contribution < -0.4 is 5.73 Å². The summed E-state index contributed by atoms with van der Waals surface area (Å²) in [7, 11) is 1.19. The number of nitriles is 1. The lowest BCUT2D eigenvalue weighted by Crippen LogP contribution is -2.13. The van der Waals surface area contributed by atoms with E-state index in [-0.39, 0.29) is 35.5 Å². The zero-order valence-electron chi connectivity index (χ0n) is 9.61. The quantitative estimate of drug-likeness (QED) is 0.813. The number of hydrogen-bond acceptors (Lipinski definition) is 5. The van der Waals surface area contributed by atoms with Crippen molar-refractivity contribution in [2.45, 2.75) is 19.4 Å². The lowest BCUT2D eigenvalue weighted by Gasteiger charge is -2.10. The molecule has 0 unspecified atom stereocenters. The van der Waals surface area contributed by atoms with Crippen molar-refractivity contribution in [3.63, 3.8) is 0 Å². The first kappa shape index (κ1) is 14.0. The minimum absolute atomic E-state index is 0.0251. The standard InChI is InChI=1S/C11H11F2N3O2/c1-18-10(17)3-8-6(4-14)2-7(11(12)13)9(5-15)16-8/h2,11H,3,5,15H2,1H3. The van der Waals surface area contributed by atoms with E-state index >= 15 is 0 Å². The van der Waals surface area contributed by atoms with Crippen LogP contribution in [-0.4, -0.2) is 18.1 Å². The Morgan fingerprint density at radius 2 is 2.28 bits per heavy atom. The number of carbonyl (C=O) groups excluding carboxylic acids is 1. The van der Waals surface area contributed by atoms with Crippen molar-refractivity contribution in [1.29, 1.82) is 5.26 Å². The number of nitrogens with zero attached hydrogens (tertiary/aromatic N) is 2. The number of pyridine rings is 1. The fourth-order valence-electron chi connectivity index (χ4n) is 1.40. The molecule has 0 spiro atoms. The maximum absolute atomic E-state index is 12.7. The van der Waals surface area contributed by atoms with Gasteiger partial charge in [0.1, 0.15) is 6.07 Å². The summed E-state index contributed by atoms with van der Waals surface area (Å²) in [5.74, 6) is -0.605. The first-order valence-corrected chi connectivity index (χ1v) is 5.01. The average Bonchev–Trinajstić information content (AvgIpc) is 2.37. The summed E-state index contributed by atoms with van der Waals surface area (Å²) in [6.07, 6.45) is -3.02. The van der Waals surface area contributed by atoms with Crippen LogP contribution in [0.25, 0.3) is 0 Å². The van der Waals surface area contributed by atoms with Gasteiger partial charge < -0.3 is 10.5 Å². The van der Waals surface area contributed by atoms with E-state index in [9.17, 15) is 13.6 Å². The number of rotatable bonds is 4. The Balaban J connectivity index is 3.27. The van der Waals surface area contributed by atoms with Gasteiger partial charge in [-0.1, -0.05) is 0 Å². The molecule has 0 atom stereocenters. The first-order valence-electron chi connectivity index (χ1n) is 5.01. The topological polar surface area (TPSA) is 89.0 Å². The molecule has 1 aromatic rings. The predicted molar refractivity (Wildman–Crippen MR) is 57.5 cm³/mol. The SMILES string of the molecule is COC(=O)Cc1nc(CN)c(C(F)F)cc1C#N. The third kappa shape index (κ3) is 2.99. The van der Waals surface area contributed by atoms with Crippen LogP contribution in [0.1, 0.15) is 28.9 Å². The Labute approximate surface area is 102 Å². The average molecular weight is 255 g/mol. The normalized spacial score (nSPS) is 10.2. The van der Waals surface area contributed by atoms with Crippen LogP contribution in [0.2, 0.25) is 0 Å². The van der Waals surface area contributed by atoms with Crippen molar-refractivity contribution in [2.75, 3.05) is 7.11 Å². The third-order valence-electron chi connectivity index (χ3n) is 2.30. The van der Waals surface area contributed by atoms with Crippen LogP contribution in [0.4, 0.5) is 8.78 Å². The fourth-order valence-corrected chi connectivity index (χ4v) is 1.40. The van der Waals surface area contributed by atoms with Gasteiger partial charge in [0.05, 0.1) is 30.5 Å². The largest absolute Gasteiger partial charge is 0.469 e. The van der Waals surface area contributed by atoms with Gasteiger partial charge in [-0.3, -0.25) is 9.78 Å². The molecule has 0 saturated heterocycles. The third-order valence-corrected chi connectivity index (χ3v) is 2.30. The second-order valence-electron chi connectivity index (χ2n) is 3.39. The highest BCUT2D eigenvalue weighted by Gasteiger charge is 2.19. The van der Waals surface area contributed by atoms with Crippen molar-refractivity contribution in [1.82, 2.24) is 4.98 Å². The summed E-state index contributed by atoms with van der Waals surface area (Å²) in [6, 6.07) is 2.74. The van der Waals surface area contributed by atoms with Crippen LogP contribution in [0, 0.1) is 11.3 Å². The Hall–Kier alpha value is -2.07. The maximum atomic E-state index is 12.7. The van der Waals surface area contributed by atoms with Gasteiger partial charge in [-0.2, -0.15) is 5.26 Å². The molecule has 1 rings (SSSR count). The Morgan fingerprint density at radius 1 is 1.61 bits per heavy atom. The Morgan fingerprint density at radius 3 is 2.72 bits per heavy atom. The summed E-state index contributed by atoms with van der Waals surface area (Å²) in [5.41, 5.74) is 4.92. The van der Waals surface area contributed by atoms with Crippen LogP contribution in [-0.2, 0) is 22.5 Å². The Kier molecular flexibility index (Phi) is 4.68. The number of nitrogens with two attached hydrogens (primary N) is 1. The van der Waals surface area contributed by atoms with E-state index < -0.39 is 12.4 Å². The lowest BCUT2D eigenvalue weighted by atomic mass is 10.1. The fraction of sp³-hybridized carbons (Fsp3) is 0.364. The second kappa shape index (κ2) is 6.02. The van der Waals surface area contributed by atoms with E-state index in [0.29, 0.717) is 0 Å². The minimum Gasteiger partial charge on any atom is -0.469 e. The van der Waals surface area contributed by atoms with E-state index in [1.165, 1.54) is 7.11 Å². The molecule has 2 N–H and O–H groups in total. The molecule has 7 heteroatoms. The highest BCUT2D eigenvalue weighted by molar-refractivity contribution is 5.72. The molecule has 1 heterocycles. The predicted octanol–water partition coefficient (Wildman–Crippen LogP) is 1.07. The minimum atomic E-state index is -2.77. The molecule has 5 nitrogen and oxygen atoms in total. The van der Waals surface area contributed by atoms with E-state index in [1.54, 1.807) is 6.07 Å². The molecular weight excluding hydrogens is 244 g/mol. The monoisotopic (exact) mass is 255 g/mol. The van der Waals surface area contributed by atoms with Crippen LogP contribution in [0.3, 0.4) is 0 Å². The number of alkyl halides is 2. The van der Waals surface area contributed by atoms with E-state index in [2.05, 4.69) is 9.72 Å². The van der Waals surface area contributed by atoms with Gasteiger partial charge >= 0.3 is 5.97 Å². The van der Waals surface area contributed by atoms with Crippen LogP contribution in [0.5, 0.6) is 0 Å². The highest BCUT2D eigenvalue weighted by atomic mass is 19.3. The van der Waals surface area contributed by atoms with Gasteiger partial charge in [0.15, 0.2) is 0 Å². The summed E-state index contributed by atoms with van der Waals surface area (Å²) in [5, 5.41) is 8.86. The number of aromatic nitrogens is 1. The summed E-state index contributed by atoms with van der Waals surface area (Å²) in [6.45, 7) is -0.195. The smallest absolute Gasteiger partial charge is 0.311 e. The molecule has 1 aromatic heterocycles. The van der Waals surface area contributed by atoms with Crippen molar-refractivity contribution in [3.8, 4) is 6.07 Å². The van der Waals surface area contributed by atoms with Crippen molar-refractivity contribution >= 4 is 5.97 Å². The number of esters is 1. The number of ether oxygens (including phenoxy) is 1. The van der Waals surface area contributed by atoms with Gasteiger partial charge in [-0.05, 0) is 6.07 Å². The molecule has 0 saturated carbocycles. The molecule has 96 valence electrons. The molecule has 0 aliphatic carbocycles. The molecule has 0 amide bonds. The molecule has 0 aliphatic heterocycles. The van der Waals surface area contributed by atoms with E-state index in [4.69, 9.17) is 11.0 Å². The van der Waals surface area contributed by atoms with Crippen LogP contribution in [0.15, 0.2) is 6.07 Å². The maximum Gasteiger partial charge on any atom is 0.311 e. The summed E-state index contributed by atoms with van der Waals surface area (Å²) >= 11 is 0. The van der Waals surface area contributed by atoms with Gasteiger partial charge in [0.25, 0.3) is 6.43 Å². The van der Waals surface area contributed by atoms with Crippen molar-refractivity contribution in [3.05, 3.63) is 28.6 Å². The van der Waals surface area contributed by atoms with Crippen molar-refractivity contribution < 1.29 is 18.3 Å². The summed E-state index contributed by atoms with van der Waals surface area (Å²) in [4.78, 5) is 15.0. The van der Waals surface area contributed by atoms with Gasteiger partial charge in [-0.25, -0.2) is 8.78 Å². The van der Waals surface area contributed by atoms with Crippen molar-refractivity contribution in [2.24, 2.45) is 5.73 Å². The molecule has 0 aliphatic rings. The molecule has 0 bridgehead atoms. The lowest BCUT2D eigenvalue weighted by molar-refractivity contribution is -0.139. The molecular formula is C11H11F2N3O2. The first-order chi connectivity index (χ1) is 8.53. The van der Waals surface area contributed by atoms with E-state index in [0.717, 1.165) is 6.07 Å². The molecule has 18 heavy (non-hydrogen) atoms. The Bertz CT molecular complexity index is 498. The highest BCUT2D eigenvalue weighted by Crippen LogP contribution is 2.24. The molecule has 0 fully saturated rings. The zero-order valence-corrected chi connectivity index (χ0v) is 9.61. The number of carbonyl (C=O) groups is 1. The van der Waals surface area contributed by atoms with E-state index in [1.807, 2.05) is 0 Å². The zero-order chi connectivity index (χ0) is 13.7. The number of hydrogen-bond donors (Lipinski definition) is 1. The van der Waals surface area contributed by atoms with Gasteiger partial charge in [-0.15, -0.1) is 0 Å². The molecule has 0 radical (unpaired) electrons. The molecule has 0 aromatic carbocycles. The van der Waals surface area contributed by atoms with Crippen LogP contribution >= 0.6 is 0 Å². The van der Waals surface area contributed by atoms with Gasteiger partial charge in [0, 0.05) is 12.1 Å². The van der Waals surface area contributed by atoms with Gasteiger partial charge in [0.2, 0.25) is 0 Å². The number of methoxy groups -OCH3 is 1. The number of halogens is 2. The summed E-state index contributed by atoms with van der Waals surface area (Å²) < 4.78 is 29.8.